The SMILES string of the molecule is O=C(CNC(=O)C(F)F)c1ccc(CN(C(=O)N2CC3(COC3)C2)c2ccccc2)c(F)c1. The van der Waals surface area contributed by atoms with Crippen molar-refractivity contribution >= 4 is 23.4 Å². The Morgan fingerprint density at radius 3 is 2.36 bits per heavy atom. The number of carbonyl (C=O) groups is 3. The molecule has 1 N–H and O–H groups in total. The summed E-state index contributed by atoms with van der Waals surface area (Å²) in [6.45, 7) is 1.68. The second-order valence-electron chi connectivity index (χ2n) is 8.30. The zero-order valence-corrected chi connectivity index (χ0v) is 17.6. The van der Waals surface area contributed by atoms with Crippen LogP contribution in [-0.4, -0.2) is 61.9 Å². The number of nitrogens with one attached hydrogen (secondary N) is 1. The number of ketones is 1. The van der Waals surface area contributed by atoms with Crippen LogP contribution >= 0.6 is 0 Å². The lowest BCUT2D eigenvalue weighted by Gasteiger charge is -2.55. The Balaban J connectivity index is 1.47. The van der Waals surface area contributed by atoms with Crippen molar-refractivity contribution in [1.29, 1.82) is 0 Å². The van der Waals surface area contributed by atoms with Gasteiger partial charge in [-0.25, -0.2) is 9.18 Å². The Morgan fingerprint density at radius 2 is 1.79 bits per heavy atom. The molecule has 2 saturated heterocycles. The third kappa shape index (κ3) is 4.85. The van der Waals surface area contributed by atoms with Gasteiger partial charge in [0.05, 0.1) is 31.7 Å². The molecule has 2 aromatic rings. The third-order valence-corrected chi connectivity index (χ3v) is 5.76. The lowest BCUT2D eigenvalue weighted by Crippen LogP contribution is -2.68. The number of ether oxygens (including phenoxy) is 1. The molecule has 2 fully saturated rings. The van der Waals surface area contributed by atoms with Gasteiger partial charge < -0.3 is 15.0 Å². The van der Waals surface area contributed by atoms with Crippen LogP contribution in [0.5, 0.6) is 0 Å². The van der Waals surface area contributed by atoms with E-state index in [2.05, 4.69) is 0 Å². The summed E-state index contributed by atoms with van der Waals surface area (Å²) < 4.78 is 44.6. The zero-order valence-electron chi connectivity index (χ0n) is 17.6. The first-order valence-electron chi connectivity index (χ1n) is 10.3. The lowest BCUT2D eigenvalue weighted by molar-refractivity contribution is -0.174. The van der Waals surface area contributed by atoms with Gasteiger partial charge in [-0.2, -0.15) is 8.78 Å². The van der Waals surface area contributed by atoms with Gasteiger partial charge in [0.2, 0.25) is 0 Å². The Bertz CT molecular complexity index is 1050. The highest BCUT2D eigenvalue weighted by molar-refractivity contribution is 5.99. The van der Waals surface area contributed by atoms with Crippen LogP contribution < -0.4 is 10.2 Å². The van der Waals surface area contributed by atoms with Crippen molar-refractivity contribution < 1.29 is 32.3 Å². The summed E-state index contributed by atoms with van der Waals surface area (Å²) in [7, 11) is 0. The molecule has 2 heterocycles. The van der Waals surface area contributed by atoms with Crippen LogP contribution in [0.4, 0.5) is 23.7 Å². The lowest BCUT2D eigenvalue weighted by atomic mass is 9.78. The molecule has 10 heteroatoms. The molecular formula is C23H22F3N3O4. The summed E-state index contributed by atoms with van der Waals surface area (Å²) in [5.41, 5.74) is 0.744. The van der Waals surface area contributed by atoms with Crippen molar-refractivity contribution in [2.75, 3.05) is 37.7 Å². The van der Waals surface area contributed by atoms with Gasteiger partial charge in [0.1, 0.15) is 5.82 Å². The quantitative estimate of drug-likeness (QED) is 0.644. The number of halogens is 3. The molecule has 0 saturated carbocycles. The summed E-state index contributed by atoms with van der Waals surface area (Å²) in [5, 5.41) is 1.80. The van der Waals surface area contributed by atoms with Gasteiger partial charge in [-0.15, -0.1) is 0 Å². The molecule has 0 unspecified atom stereocenters. The summed E-state index contributed by atoms with van der Waals surface area (Å²) in [6.07, 6.45) is -3.24. The van der Waals surface area contributed by atoms with E-state index in [0.29, 0.717) is 32.0 Å². The van der Waals surface area contributed by atoms with Crippen LogP contribution in [0.1, 0.15) is 15.9 Å². The Morgan fingerprint density at radius 1 is 1.09 bits per heavy atom. The minimum atomic E-state index is -3.24. The molecule has 0 radical (unpaired) electrons. The van der Waals surface area contributed by atoms with E-state index in [4.69, 9.17) is 4.74 Å². The Kier molecular flexibility index (Phi) is 6.37. The number of Topliss-reactive ketones (excluding diaryl/α,β-unsaturated/α-hetero) is 1. The maximum absolute atomic E-state index is 14.8. The van der Waals surface area contributed by atoms with E-state index in [-0.39, 0.29) is 29.1 Å². The molecule has 2 aliphatic rings. The third-order valence-electron chi connectivity index (χ3n) is 5.76. The number of hydrogen-bond donors (Lipinski definition) is 1. The molecule has 0 bridgehead atoms. The van der Waals surface area contributed by atoms with E-state index >= 15 is 0 Å². The molecular weight excluding hydrogens is 439 g/mol. The van der Waals surface area contributed by atoms with Crippen molar-refractivity contribution in [3.05, 3.63) is 65.5 Å². The highest BCUT2D eigenvalue weighted by Gasteiger charge is 2.51. The zero-order chi connectivity index (χ0) is 23.6. The number of carbonyl (C=O) groups excluding carboxylic acids is 3. The highest BCUT2D eigenvalue weighted by Crippen LogP contribution is 2.38. The van der Waals surface area contributed by atoms with E-state index in [9.17, 15) is 27.6 Å². The maximum Gasteiger partial charge on any atom is 0.324 e. The molecule has 33 heavy (non-hydrogen) atoms. The monoisotopic (exact) mass is 461 g/mol. The van der Waals surface area contributed by atoms with Gasteiger partial charge in [-0.05, 0) is 18.2 Å². The van der Waals surface area contributed by atoms with Gasteiger partial charge >= 0.3 is 12.5 Å². The first kappa shape index (κ1) is 22.8. The number of urea groups is 1. The van der Waals surface area contributed by atoms with Crippen LogP contribution in [0.2, 0.25) is 0 Å². The predicted molar refractivity (Wildman–Crippen MR) is 113 cm³/mol. The number of rotatable bonds is 7. The van der Waals surface area contributed by atoms with Gasteiger partial charge in [0.25, 0.3) is 5.91 Å². The molecule has 4 rings (SSSR count). The standard InChI is InChI=1S/C23H22F3N3O4/c24-18-8-15(19(30)9-27-21(31)20(25)26)6-7-16(18)10-29(17-4-2-1-3-5-17)22(32)28-11-23(12-28)13-33-14-23/h1-8,20H,9-14H2,(H,27,31). The van der Waals surface area contributed by atoms with E-state index in [1.807, 2.05) is 6.07 Å². The van der Waals surface area contributed by atoms with E-state index < -0.39 is 30.5 Å². The van der Waals surface area contributed by atoms with E-state index in [1.54, 1.807) is 34.5 Å². The summed E-state index contributed by atoms with van der Waals surface area (Å²) in [4.78, 5) is 39.4. The number of hydrogen-bond acceptors (Lipinski definition) is 4. The molecule has 3 amide bonds. The second kappa shape index (κ2) is 9.22. The molecule has 7 nitrogen and oxygen atoms in total. The number of para-hydroxylation sites is 1. The molecule has 2 aliphatic heterocycles. The van der Waals surface area contributed by atoms with E-state index in [0.717, 1.165) is 6.07 Å². The largest absolute Gasteiger partial charge is 0.380 e. The number of likely N-dealkylation sites (tertiary alicyclic amines) is 1. The Labute approximate surface area is 188 Å². The van der Waals surface area contributed by atoms with Crippen LogP contribution in [0.15, 0.2) is 48.5 Å². The number of benzene rings is 2. The second-order valence-corrected chi connectivity index (χ2v) is 8.30. The average molecular weight is 461 g/mol. The molecule has 0 atom stereocenters. The minimum absolute atomic E-state index is 0.0328. The minimum Gasteiger partial charge on any atom is -0.380 e. The average Bonchev–Trinajstić information content (AvgIpc) is 2.74. The summed E-state index contributed by atoms with van der Waals surface area (Å²) in [5.74, 6) is -3.00. The maximum atomic E-state index is 14.8. The topological polar surface area (TPSA) is 79.0 Å². The van der Waals surface area contributed by atoms with Crippen molar-refractivity contribution in [2.24, 2.45) is 5.41 Å². The number of anilines is 1. The van der Waals surface area contributed by atoms with Crippen LogP contribution in [-0.2, 0) is 16.1 Å². The smallest absolute Gasteiger partial charge is 0.324 e. The first-order chi connectivity index (χ1) is 15.8. The molecule has 2 aromatic carbocycles. The fourth-order valence-electron chi connectivity index (χ4n) is 3.89. The van der Waals surface area contributed by atoms with Gasteiger partial charge in [-0.3, -0.25) is 14.5 Å². The molecule has 174 valence electrons. The van der Waals surface area contributed by atoms with Gasteiger partial charge in [0.15, 0.2) is 5.78 Å². The fraction of sp³-hybridized carbons (Fsp3) is 0.348. The molecule has 0 aromatic heterocycles. The van der Waals surface area contributed by atoms with Crippen molar-refractivity contribution in [3.8, 4) is 0 Å². The fourth-order valence-corrected chi connectivity index (χ4v) is 3.89. The highest BCUT2D eigenvalue weighted by atomic mass is 19.3. The van der Waals surface area contributed by atoms with Crippen molar-refractivity contribution in [1.82, 2.24) is 10.2 Å². The van der Waals surface area contributed by atoms with E-state index in [1.165, 1.54) is 17.0 Å². The van der Waals surface area contributed by atoms with Gasteiger partial charge in [-0.1, -0.05) is 30.3 Å². The summed E-state index contributed by atoms with van der Waals surface area (Å²) in [6, 6.07) is 12.3. The summed E-state index contributed by atoms with van der Waals surface area (Å²) >= 11 is 0. The van der Waals surface area contributed by atoms with Crippen molar-refractivity contribution in [3.63, 3.8) is 0 Å². The van der Waals surface area contributed by atoms with Crippen molar-refractivity contribution in [2.45, 2.75) is 13.0 Å². The Hall–Kier alpha value is -3.40. The van der Waals surface area contributed by atoms with Crippen LogP contribution in [0.3, 0.4) is 0 Å². The number of alkyl halides is 2. The van der Waals surface area contributed by atoms with Crippen LogP contribution in [0, 0.1) is 11.2 Å². The number of amides is 3. The predicted octanol–water partition coefficient (Wildman–Crippen LogP) is 2.85. The number of nitrogens with zero attached hydrogens (tertiary/aromatic N) is 2. The van der Waals surface area contributed by atoms with Crippen LogP contribution in [0.25, 0.3) is 0 Å². The van der Waals surface area contributed by atoms with Gasteiger partial charge in [0, 0.05) is 29.9 Å². The molecule has 0 aliphatic carbocycles. The molecule has 1 spiro atoms. The first-order valence-corrected chi connectivity index (χ1v) is 10.3. The normalized spacial score (nSPS) is 16.2.